The largest absolute Gasteiger partial charge is 0.388 e. The quantitative estimate of drug-likeness (QED) is 0.930. The van der Waals surface area contributed by atoms with Gasteiger partial charge in [0.1, 0.15) is 0 Å². The van der Waals surface area contributed by atoms with E-state index in [2.05, 4.69) is 20.9 Å². The summed E-state index contributed by atoms with van der Waals surface area (Å²) in [5.74, 6) is -0.0285. The predicted molar refractivity (Wildman–Crippen MR) is 76.5 cm³/mol. The Balaban J connectivity index is 2.31. The number of rotatable bonds is 3. The van der Waals surface area contributed by atoms with E-state index < -0.39 is 6.10 Å². The van der Waals surface area contributed by atoms with Gasteiger partial charge in [0.15, 0.2) is 0 Å². The van der Waals surface area contributed by atoms with Crippen LogP contribution >= 0.6 is 15.9 Å². The molecule has 2 aromatic rings. The molecule has 1 aromatic carbocycles. The molecule has 94 valence electrons. The van der Waals surface area contributed by atoms with E-state index in [0.717, 1.165) is 21.3 Å². The van der Waals surface area contributed by atoms with Crippen LogP contribution in [0.2, 0.25) is 0 Å². The zero-order valence-electron chi connectivity index (χ0n) is 10.5. The Bertz CT molecular complexity index is 527. The van der Waals surface area contributed by atoms with Crippen molar-refractivity contribution in [1.82, 2.24) is 4.98 Å². The molecule has 0 fully saturated rings. The van der Waals surface area contributed by atoms with Crippen molar-refractivity contribution in [2.45, 2.75) is 25.9 Å². The average molecular weight is 306 g/mol. The van der Waals surface area contributed by atoms with Gasteiger partial charge in [-0.15, -0.1) is 0 Å². The summed E-state index contributed by atoms with van der Waals surface area (Å²) >= 11 is 3.49. The normalized spacial score (nSPS) is 14.2. The van der Waals surface area contributed by atoms with Crippen LogP contribution < -0.4 is 0 Å². The number of halogens is 1. The summed E-state index contributed by atoms with van der Waals surface area (Å²) in [6.07, 6.45) is 1.21. The first-order valence-corrected chi connectivity index (χ1v) is 6.74. The van der Waals surface area contributed by atoms with Gasteiger partial charge in [-0.05, 0) is 36.2 Å². The molecule has 2 rings (SSSR count). The third kappa shape index (κ3) is 2.62. The van der Waals surface area contributed by atoms with Gasteiger partial charge >= 0.3 is 0 Å². The fourth-order valence-corrected chi connectivity index (χ4v) is 2.40. The van der Waals surface area contributed by atoms with E-state index in [0.29, 0.717) is 0 Å². The predicted octanol–water partition coefficient (Wildman–Crippen LogP) is 3.99. The lowest BCUT2D eigenvalue weighted by molar-refractivity contribution is 0.149. The molecule has 2 atom stereocenters. The lowest BCUT2D eigenvalue weighted by atomic mass is 9.91. The van der Waals surface area contributed by atoms with Gasteiger partial charge in [0, 0.05) is 22.3 Å². The molecule has 0 amide bonds. The standard InChI is InChI=1S/C15H16BrNO/c1-10-12(6-5-7-13(10)16)15(18)11(2)14-8-3-4-9-17-14/h3-9,11,15,18H,1-2H3. The molecule has 18 heavy (non-hydrogen) atoms. The van der Waals surface area contributed by atoms with Crippen molar-refractivity contribution in [2.24, 2.45) is 0 Å². The molecule has 1 heterocycles. The van der Waals surface area contributed by atoms with Crippen molar-refractivity contribution in [2.75, 3.05) is 0 Å². The molecule has 0 aliphatic heterocycles. The van der Waals surface area contributed by atoms with Crippen molar-refractivity contribution < 1.29 is 5.11 Å². The second kappa shape index (κ2) is 5.63. The molecule has 0 bridgehead atoms. The van der Waals surface area contributed by atoms with Gasteiger partial charge in [-0.2, -0.15) is 0 Å². The van der Waals surface area contributed by atoms with Crippen molar-refractivity contribution in [3.05, 3.63) is 63.9 Å². The highest BCUT2D eigenvalue weighted by Crippen LogP contribution is 2.33. The van der Waals surface area contributed by atoms with E-state index in [-0.39, 0.29) is 5.92 Å². The summed E-state index contributed by atoms with van der Waals surface area (Å²) in [4.78, 5) is 4.31. The van der Waals surface area contributed by atoms with Gasteiger partial charge in [-0.1, -0.05) is 41.1 Å². The fourth-order valence-electron chi connectivity index (χ4n) is 2.02. The number of pyridine rings is 1. The van der Waals surface area contributed by atoms with Gasteiger partial charge in [-0.25, -0.2) is 0 Å². The lowest BCUT2D eigenvalue weighted by Crippen LogP contribution is -2.10. The zero-order valence-corrected chi connectivity index (χ0v) is 12.1. The van der Waals surface area contributed by atoms with E-state index in [1.807, 2.05) is 50.2 Å². The lowest BCUT2D eigenvalue weighted by Gasteiger charge is -2.21. The first-order valence-electron chi connectivity index (χ1n) is 5.95. The van der Waals surface area contributed by atoms with Crippen LogP contribution in [0.25, 0.3) is 0 Å². The summed E-state index contributed by atoms with van der Waals surface area (Å²) in [5.41, 5.74) is 2.93. The number of aliphatic hydroxyl groups excluding tert-OH is 1. The topological polar surface area (TPSA) is 33.1 Å². The molecule has 1 N–H and O–H groups in total. The van der Waals surface area contributed by atoms with Crippen LogP contribution in [-0.4, -0.2) is 10.1 Å². The van der Waals surface area contributed by atoms with Gasteiger partial charge in [0.05, 0.1) is 6.10 Å². The van der Waals surface area contributed by atoms with Gasteiger partial charge in [0.25, 0.3) is 0 Å². The summed E-state index contributed by atoms with van der Waals surface area (Å²) in [6, 6.07) is 11.7. The first-order chi connectivity index (χ1) is 8.61. The molecule has 1 aromatic heterocycles. The summed E-state index contributed by atoms with van der Waals surface area (Å²) in [6.45, 7) is 4.00. The maximum Gasteiger partial charge on any atom is 0.0873 e. The molecule has 3 heteroatoms. The Morgan fingerprint density at radius 3 is 2.61 bits per heavy atom. The molecular weight excluding hydrogens is 290 g/mol. The maximum absolute atomic E-state index is 10.5. The van der Waals surface area contributed by atoms with Gasteiger partial charge in [-0.3, -0.25) is 4.98 Å². The van der Waals surface area contributed by atoms with E-state index in [9.17, 15) is 5.11 Å². The highest BCUT2D eigenvalue weighted by atomic mass is 79.9. The minimum Gasteiger partial charge on any atom is -0.388 e. The Morgan fingerprint density at radius 2 is 1.94 bits per heavy atom. The monoisotopic (exact) mass is 305 g/mol. The Labute approximate surface area is 116 Å². The Morgan fingerprint density at radius 1 is 1.17 bits per heavy atom. The SMILES string of the molecule is Cc1c(Br)cccc1C(O)C(C)c1ccccn1. The van der Waals surface area contributed by atoms with E-state index in [1.54, 1.807) is 6.20 Å². The van der Waals surface area contributed by atoms with E-state index >= 15 is 0 Å². The average Bonchev–Trinajstić information content (AvgIpc) is 2.41. The fraction of sp³-hybridized carbons (Fsp3) is 0.267. The van der Waals surface area contributed by atoms with Crippen molar-refractivity contribution in [1.29, 1.82) is 0 Å². The molecule has 2 nitrogen and oxygen atoms in total. The van der Waals surface area contributed by atoms with Crippen LogP contribution in [0.3, 0.4) is 0 Å². The summed E-state index contributed by atoms with van der Waals surface area (Å²) in [5, 5.41) is 10.5. The summed E-state index contributed by atoms with van der Waals surface area (Å²) in [7, 11) is 0. The van der Waals surface area contributed by atoms with Crippen molar-refractivity contribution >= 4 is 15.9 Å². The Kier molecular flexibility index (Phi) is 4.15. The molecule has 0 saturated heterocycles. The van der Waals surface area contributed by atoms with Gasteiger partial charge in [0.2, 0.25) is 0 Å². The van der Waals surface area contributed by atoms with Crippen LogP contribution in [0.4, 0.5) is 0 Å². The molecule has 0 spiro atoms. The highest BCUT2D eigenvalue weighted by molar-refractivity contribution is 9.10. The molecule has 0 radical (unpaired) electrons. The molecule has 0 aliphatic rings. The number of hydrogen-bond acceptors (Lipinski definition) is 2. The van der Waals surface area contributed by atoms with Gasteiger partial charge < -0.3 is 5.11 Å². The number of aromatic nitrogens is 1. The van der Waals surface area contributed by atoms with Crippen LogP contribution in [0.5, 0.6) is 0 Å². The van der Waals surface area contributed by atoms with Crippen LogP contribution in [0.1, 0.15) is 35.8 Å². The summed E-state index contributed by atoms with van der Waals surface area (Å²) < 4.78 is 1.02. The van der Waals surface area contributed by atoms with Crippen LogP contribution in [0.15, 0.2) is 47.1 Å². The highest BCUT2D eigenvalue weighted by Gasteiger charge is 2.21. The number of hydrogen-bond donors (Lipinski definition) is 1. The first kappa shape index (κ1) is 13.2. The number of benzene rings is 1. The Hall–Kier alpha value is -1.19. The minimum atomic E-state index is -0.544. The minimum absolute atomic E-state index is 0.0285. The third-order valence-corrected chi connectivity index (χ3v) is 4.12. The molecule has 2 unspecified atom stereocenters. The smallest absolute Gasteiger partial charge is 0.0873 e. The third-order valence-electron chi connectivity index (χ3n) is 3.26. The zero-order chi connectivity index (χ0) is 13.1. The van der Waals surface area contributed by atoms with E-state index in [4.69, 9.17) is 0 Å². The second-order valence-corrected chi connectivity index (χ2v) is 5.30. The van der Waals surface area contributed by atoms with E-state index in [1.165, 1.54) is 0 Å². The number of nitrogens with zero attached hydrogens (tertiary/aromatic N) is 1. The maximum atomic E-state index is 10.5. The molecule has 0 aliphatic carbocycles. The van der Waals surface area contributed by atoms with Crippen LogP contribution in [-0.2, 0) is 0 Å². The molecular formula is C15H16BrNO. The molecule has 0 saturated carbocycles. The number of aliphatic hydroxyl groups is 1. The van der Waals surface area contributed by atoms with Crippen LogP contribution in [0, 0.1) is 6.92 Å². The second-order valence-electron chi connectivity index (χ2n) is 4.44. The van der Waals surface area contributed by atoms with Crippen molar-refractivity contribution in [3.8, 4) is 0 Å². The van der Waals surface area contributed by atoms with Crippen molar-refractivity contribution in [3.63, 3.8) is 0 Å².